The van der Waals surface area contributed by atoms with Crippen molar-refractivity contribution in [2.45, 2.75) is 50.5 Å². The summed E-state index contributed by atoms with van der Waals surface area (Å²) in [5.74, 6) is 1.04. The summed E-state index contributed by atoms with van der Waals surface area (Å²) in [6.45, 7) is 1.66. The number of carbonyl (C=O) groups is 1. The van der Waals surface area contributed by atoms with Crippen LogP contribution in [0.25, 0.3) is 11.0 Å². The molecule has 168 valence electrons. The predicted molar refractivity (Wildman–Crippen MR) is 127 cm³/mol. The molecule has 2 atom stereocenters. The molecule has 2 aliphatic rings. The number of aromatic nitrogens is 3. The van der Waals surface area contributed by atoms with E-state index in [9.17, 15) is 4.79 Å². The van der Waals surface area contributed by atoms with E-state index in [-0.39, 0.29) is 17.7 Å². The van der Waals surface area contributed by atoms with Gasteiger partial charge in [-0.1, -0.05) is 37.5 Å². The Hall–Kier alpha value is -3.09. The average molecular weight is 433 g/mol. The number of primary amides is 1. The number of hydrogen-bond acceptors (Lipinski definition) is 5. The quantitative estimate of drug-likeness (QED) is 0.545. The van der Waals surface area contributed by atoms with Crippen LogP contribution < -0.4 is 16.0 Å². The fourth-order valence-electron chi connectivity index (χ4n) is 5.97. The van der Waals surface area contributed by atoms with Gasteiger partial charge >= 0.3 is 0 Å². The molecule has 7 heteroatoms. The van der Waals surface area contributed by atoms with Crippen molar-refractivity contribution in [2.75, 3.05) is 23.3 Å². The van der Waals surface area contributed by atoms with Gasteiger partial charge in [-0.3, -0.25) is 4.79 Å². The van der Waals surface area contributed by atoms with Crippen LogP contribution in [0.4, 0.5) is 11.5 Å². The first kappa shape index (κ1) is 20.8. The van der Waals surface area contributed by atoms with Crippen molar-refractivity contribution >= 4 is 28.4 Å². The first-order chi connectivity index (χ1) is 15.7. The Morgan fingerprint density at radius 1 is 1.03 bits per heavy atom. The smallest absolute Gasteiger partial charge is 0.243 e. The predicted octanol–water partition coefficient (Wildman–Crippen LogP) is 4.09. The first-order valence-electron chi connectivity index (χ1n) is 11.8. The van der Waals surface area contributed by atoms with Gasteiger partial charge in [0.25, 0.3) is 0 Å². The second-order valence-electron chi connectivity index (χ2n) is 9.28. The molecule has 1 aliphatic carbocycles. The van der Waals surface area contributed by atoms with E-state index < -0.39 is 5.54 Å². The normalized spacial score (nSPS) is 21.9. The molecule has 1 aromatic carbocycles. The summed E-state index contributed by atoms with van der Waals surface area (Å²) in [7, 11) is 0. The van der Waals surface area contributed by atoms with Gasteiger partial charge in [0, 0.05) is 30.9 Å². The zero-order chi connectivity index (χ0) is 22.0. The summed E-state index contributed by atoms with van der Waals surface area (Å²) in [4.78, 5) is 27.8. The molecule has 2 fully saturated rings. The highest BCUT2D eigenvalue weighted by molar-refractivity contribution is 5.90. The average Bonchev–Trinajstić information content (AvgIpc) is 3.33. The van der Waals surface area contributed by atoms with Gasteiger partial charge in [0.05, 0.1) is 5.39 Å². The molecular weight excluding hydrogens is 400 g/mol. The fraction of sp³-hybridized carbons (Fsp3) is 0.480. The molecule has 3 aromatic rings. The summed E-state index contributed by atoms with van der Waals surface area (Å²) in [6, 6.07) is 12.1. The number of amides is 1. The number of H-pyrrole nitrogens is 1. The minimum Gasteiger partial charge on any atom is -0.371 e. The minimum atomic E-state index is -0.773. The standard InChI is InChI=1S/C25H32N6O/c26-24(32)25(18-8-3-1-4-9-18,30-20-11-5-2-6-12-20)19-10-7-15-31(16-19)23-21-13-14-27-22(21)28-17-29-23/h2,5-6,11-14,17-19,30H,1,3-4,7-10,15-16H2,(H2,26,32)(H,27,28,29)/t19-,25?/m1/s1. The monoisotopic (exact) mass is 432 g/mol. The Bertz CT molecular complexity index is 1060. The van der Waals surface area contributed by atoms with E-state index in [1.165, 1.54) is 6.42 Å². The van der Waals surface area contributed by atoms with Crippen molar-refractivity contribution in [3.8, 4) is 0 Å². The minimum absolute atomic E-state index is 0.0982. The SMILES string of the molecule is NC(=O)C(Nc1ccccc1)(C1CCCCC1)[C@@H]1CCCN(c2ncnc3[nH]ccc23)C1. The van der Waals surface area contributed by atoms with Crippen molar-refractivity contribution in [1.29, 1.82) is 0 Å². The molecule has 0 bridgehead atoms. The van der Waals surface area contributed by atoms with Crippen LogP contribution in [0.2, 0.25) is 0 Å². The lowest BCUT2D eigenvalue weighted by atomic mass is 9.65. The van der Waals surface area contributed by atoms with Gasteiger partial charge in [0.2, 0.25) is 5.91 Å². The number of nitrogens with zero attached hydrogens (tertiary/aromatic N) is 3. The summed E-state index contributed by atoms with van der Waals surface area (Å²) >= 11 is 0. The lowest BCUT2D eigenvalue weighted by Gasteiger charge is -2.49. The van der Waals surface area contributed by atoms with E-state index in [0.717, 1.165) is 74.2 Å². The van der Waals surface area contributed by atoms with E-state index in [1.54, 1.807) is 6.33 Å². The molecule has 1 amide bonds. The van der Waals surface area contributed by atoms with E-state index in [1.807, 2.05) is 42.6 Å². The molecule has 1 aliphatic heterocycles. The maximum Gasteiger partial charge on any atom is 0.243 e. The van der Waals surface area contributed by atoms with Gasteiger partial charge in [-0.2, -0.15) is 0 Å². The largest absolute Gasteiger partial charge is 0.371 e. The fourth-order valence-corrected chi connectivity index (χ4v) is 5.97. The van der Waals surface area contributed by atoms with Gasteiger partial charge in [-0.25, -0.2) is 9.97 Å². The second-order valence-corrected chi connectivity index (χ2v) is 9.28. The molecule has 1 saturated carbocycles. The number of aromatic amines is 1. The third-order valence-corrected chi connectivity index (χ3v) is 7.48. The maximum absolute atomic E-state index is 13.3. The lowest BCUT2D eigenvalue weighted by molar-refractivity contribution is -0.127. The molecule has 7 nitrogen and oxygen atoms in total. The zero-order valence-corrected chi connectivity index (χ0v) is 18.5. The van der Waals surface area contributed by atoms with Crippen LogP contribution in [0.1, 0.15) is 44.9 Å². The zero-order valence-electron chi connectivity index (χ0n) is 18.5. The van der Waals surface area contributed by atoms with Gasteiger partial charge in [-0.15, -0.1) is 0 Å². The van der Waals surface area contributed by atoms with Crippen molar-refractivity contribution in [2.24, 2.45) is 17.6 Å². The number of hydrogen-bond donors (Lipinski definition) is 3. The number of rotatable bonds is 6. The molecule has 4 N–H and O–H groups in total. The molecule has 1 saturated heterocycles. The first-order valence-corrected chi connectivity index (χ1v) is 11.8. The highest BCUT2D eigenvalue weighted by Gasteiger charge is 2.51. The van der Waals surface area contributed by atoms with Gasteiger partial charge in [0.1, 0.15) is 23.3 Å². The highest BCUT2D eigenvalue weighted by atomic mass is 16.1. The Morgan fingerprint density at radius 3 is 2.59 bits per heavy atom. The molecule has 0 radical (unpaired) electrons. The van der Waals surface area contributed by atoms with Crippen LogP contribution in [0.3, 0.4) is 0 Å². The third kappa shape index (κ3) is 3.70. The highest BCUT2D eigenvalue weighted by Crippen LogP contribution is 2.43. The summed E-state index contributed by atoms with van der Waals surface area (Å²) < 4.78 is 0. The lowest BCUT2D eigenvalue weighted by Crippen LogP contribution is -2.64. The van der Waals surface area contributed by atoms with E-state index in [2.05, 4.69) is 25.2 Å². The van der Waals surface area contributed by atoms with Crippen LogP contribution in [0.15, 0.2) is 48.9 Å². The number of nitrogens with two attached hydrogens (primary N) is 1. The van der Waals surface area contributed by atoms with Gasteiger partial charge in [-0.05, 0) is 49.8 Å². The molecule has 3 heterocycles. The Balaban J connectivity index is 1.52. The number of fused-ring (bicyclic) bond motifs is 1. The molecule has 0 spiro atoms. The van der Waals surface area contributed by atoms with Crippen LogP contribution in [0, 0.1) is 11.8 Å². The van der Waals surface area contributed by atoms with Crippen LogP contribution >= 0.6 is 0 Å². The number of anilines is 2. The molecular formula is C25H32N6O. The Kier molecular flexibility index (Phi) is 5.72. The molecule has 1 unspecified atom stereocenters. The van der Waals surface area contributed by atoms with Crippen molar-refractivity contribution in [1.82, 2.24) is 15.0 Å². The van der Waals surface area contributed by atoms with Gasteiger partial charge in [0.15, 0.2) is 0 Å². The van der Waals surface area contributed by atoms with Crippen LogP contribution in [0.5, 0.6) is 0 Å². The number of carbonyl (C=O) groups excluding carboxylic acids is 1. The summed E-state index contributed by atoms with van der Waals surface area (Å²) in [6.07, 6.45) is 11.1. The number of piperidine rings is 1. The number of para-hydroxylation sites is 1. The van der Waals surface area contributed by atoms with E-state index in [0.29, 0.717) is 0 Å². The molecule has 2 aromatic heterocycles. The van der Waals surface area contributed by atoms with Crippen molar-refractivity contribution in [3.05, 3.63) is 48.9 Å². The second kappa shape index (κ2) is 8.81. The van der Waals surface area contributed by atoms with Crippen molar-refractivity contribution in [3.63, 3.8) is 0 Å². The van der Waals surface area contributed by atoms with E-state index in [4.69, 9.17) is 5.73 Å². The third-order valence-electron chi connectivity index (χ3n) is 7.48. The topological polar surface area (TPSA) is 99.9 Å². The van der Waals surface area contributed by atoms with Crippen LogP contribution in [-0.4, -0.2) is 39.5 Å². The van der Waals surface area contributed by atoms with Crippen molar-refractivity contribution < 1.29 is 4.79 Å². The summed E-state index contributed by atoms with van der Waals surface area (Å²) in [5.41, 5.74) is 7.32. The summed E-state index contributed by atoms with van der Waals surface area (Å²) in [5, 5.41) is 4.72. The molecule has 5 rings (SSSR count). The van der Waals surface area contributed by atoms with Gasteiger partial charge < -0.3 is 20.9 Å². The number of nitrogens with one attached hydrogen (secondary N) is 2. The Labute approximate surface area is 188 Å². The molecule has 32 heavy (non-hydrogen) atoms. The Morgan fingerprint density at radius 2 is 1.81 bits per heavy atom. The maximum atomic E-state index is 13.3. The van der Waals surface area contributed by atoms with Crippen LogP contribution in [-0.2, 0) is 4.79 Å². The number of benzene rings is 1. The van der Waals surface area contributed by atoms with E-state index >= 15 is 0 Å².